The van der Waals surface area contributed by atoms with Gasteiger partial charge in [-0.15, -0.1) is 0 Å². The van der Waals surface area contributed by atoms with Crippen molar-refractivity contribution in [1.82, 2.24) is 14.5 Å². The summed E-state index contributed by atoms with van der Waals surface area (Å²) in [7, 11) is 0. The molecule has 2 heterocycles. The van der Waals surface area contributed by atoms with Gasteiger partial charge in [-0.1, -0.05) is 35.3 Å². The van der Waals surface area contributed by atoms with Gasteiger partial charge in [-0.3, -0.25) is 4.79 Å². The van der Waals surface area contributed by atoms with Crippen molar-refractivity contribution in [2.45, 2.75) is 19.4 Å². The average molecular weight is 418 g/mol. The van der Waals surface area contributed by atoms with Gasteiger partial charge in [0.2, 0.25) is 0 Å². The van der Waals surface area contributed by atoms with Crippen LogP contribution in [0.25, 0.3) is 11.0 Å². The van der Waals surface area contributed by atoms with Crippen molar-refractivity contribution in [3.8, 4) is 5.75 Å². The molecule has 0 unspecified atom stereocenters. The number of hydrogen-bond acceptors (Lipinski definition) is 3. The number of imidazole rings is 1. The van der Waals surface area contributed by atoms with E-state index in [1.807, 2.05) is 29.4 Å². The quantitative estimate of drug-likeness (QED) is 0.606. The molecule has 0 radical (unpaired) electrons. The van der Waals surface area contributed by atoms with Crippen molar-refractivity contribution in [3.05, 3.63) is 58.8 Å². The molecule has 0 atom stereocenters. The summed E-state index contributed by atoms with van der Waals surface area (Å²) in [6, 6.07) is 13.1. The van der Waals surface area contributed by atoms with Crippen LogP contribution in [0.2, 0.25) is 10.0 Å². The monoisotopic (exact) mass is 417 g/mol. The number of para-hydroxylation sites is 2. The van der Waals surface area contributed by atoms with E-state index in [0.717, 1.165) is 43.5 Å². The lowest BCUT2D eigenvalue weighted by Gasteiger charge is -2.32. The predicted molar refractivity (Wildman–Crippen MR) is 111 cm³/mol. The van der Waals surface area contributed by atoms with Gasteiger partial charge < -0.3 is 14.2 Å². The number of amides is 1. The molecule has 1 aliphatic heterocycles. The number of piperidine rings is 1. The first-order valence-electron chi connectivity index (χ1n) is 9.35. The van der Waals surface area contributed by atoms with E-state index >= 15 is 0 Å². The van der Waals surface area contributed by atoms with Crippen LogP contribution in [0.15, 0.2) is 48.8 Å². The molecule has 0 bridgehead atoms. The molecule has 1 amide bonds. The highest BCUT2D eigenvalue weighted by atomic mass is 35.5. The van der Waals surface area contributed by atoms with E-state index in [1.165, 1.54) is 0 Å². The SMILES string of the molecule is O=C(COc1ccc(Cl)cc1Cl)N1CCC(Cn2cnc3ccccc32)CC1. The smallest absolute Gasteiger partial charge is 0.260 e. The van der Waals surface area contributed by atoms with Crippen LogP contribution in [0, 0.1) is 5.92 Å². The van der Waals surface area contributed by atoms with Crippen LogP contribution in [0.5, 0.6) is 5.75 Å². The van der Waals surface area contributed by atoms with Crippen molar-refractivity contribution >= 4 is 40.1 Å². The van der Waals surface area contributed by atoms with Gasteiger partial charge in [0.25, 0.3) is 5.91 Å². The first-order valence-corrected chi connectivity index (χ1v) is 10.1. The first kappa shape index (κ1) is 19.1. The number of nitrogens with zero attached hydrogens (tertiary/aromatic N) is 3. The summed E-state index contributed by atoms with van der Waals surface area (Å²) < 4.78 is 7.78. The van der Waals surface area contributed by atoms with Gasteiger partial charge in [0.15, 0.2) is 6.61 Å². The number of benzene rings is 2. The minimum absolute atomic E-state index is 0.0157. The van der Waals surface area contributed by atoms with Crippen LogP contribution in [-0.2, 0) is 11.3 Å². The fourth-order valence-electron chi connectivity index (χ4n) is 3.62. The zero-order chi connectivity index (χ0) is 19.5. The summed E-state index contributed by atoms with van der Waals surface area (Å²) >= 11 is 12.0. The van der Waals surface area contributed by atoms with Crippen LogP contribution >= 0.6 is 23.2 Å². The maximum Gasteiger partial charge on any atom is 0.260 e. The lowest BCUT2D eigenvalue weighted by Crippen LogP contribution is -2.41. The predicted octanol–water partition coefficient (Wildman–Crippen LogP) is 4.66. The largest absolute Gasteiger partial charge is 0.482 e. The highest BCUT2D eigenvalue weighted by Crippen LogP contribution is 2.28. The molecule has 1 fully saturated rings. The molecule has 0 spiro atoms. The molecule has 5 nitrogen and oxygen atoms in total. The van der Waals surface area contributed by atoms with Gasteiger partial charge in [0.05, 0.1) is 22.4 Å². The number of ether oxygens (including phenoxy) is 1. The Morgan fingerprint density at radius 3 is 2.71 bits per heavy atom. The number of carbonyl (C=O) groups is 1. The zero-order valence-corrected chi connectivity index (χ0v) is 16.9. The van der Waals surface area contributed by atoms with Crippen LogP contribution in [-0.4, -0.2) is 40.1 Å². The molecular formula is C21H21Cl2N3O2. The average Bonchev–Trinajstić information content (AvgIpc) is 3.11. The van der Waals surface area contributed by atoms with Gasteiger partial charge in [-0.2, -0.15) is 0 Å². The van der Waals surface area contributed by atoms with Crippen molar-refractivity contribution < 1.29 is 9.53 Å². The van der Waals surface area contributed by atoms with Gasteiger partial charge >= 0.3 is 0 Å². The number of halogens is 2. The molecule has 28 heavy (non-hydrogen) atoms. The summed E-state index contributed by atoms with van der Waals surface area (Å²) in [5.41, 5.74) is 2.18. The van der Waals surface area contributed by atoms with Gasteiger partial charge in [0, 0.05) is 24.7 Å². The highest BCUT2D eigenvalue weighted by Gasteiger charge is 2.24. The molecule has 3 aromatic rings. The molecule has 7 heteroatoms. The van der Waals surface area contributed by atoms with E-state index in [-0.39, 0.29) is 12.5 Å². The van der Waals surface area contributed by atoms with E-state index < -0.39 is 0 Å². The zero-order valence-electron chi connectivity index (χ0n) is 15.4. The van der Waals surface area contributed by atoms with Gasteiger partial charge in [-0.05, 0) is 49.1 Å². The van der Waals surface area contributed by atoms with Crippen LogP contribution in [0.4, 0.5) is 0 Å². The van der Waals surface area contributed by atoms with Crippen molar-refractivity contribution in [2.24, 2.45) is 5.92 Å². The minimum Gasteiger partial charge on any atom is -0.482 e. The topological polar surface area (TPSA) is 47.4 Å². The van der Waals surface area contributed by atoms with Gasteiger partial charge in [-0.25, -0.2) is 4.98 Å². The third kappa shape index (κ3) is 4.26. The number of rotatable bonds is 5. The summed E-state index contributed by atoms with van der Waals surface area (Å²) in [6.45, 7) is 2.40. The molecule has 1 aliphatic rings. The number of hydrogen-bond donors (Lipinski definition) is 0. The Bertz CT molecular complexity index is 981. The van der Waals surface area contributed by atoms with Gasteiger partial charge in [0.1, 0.15) is 5.75 Å². The number of fused-ring (bicyclic) bond motifs is 1. The molecule has 0 saturated carbocycles. The Hall–Kier alpha value is -2.24. The molecule has 0 aliphatic carbocycles. The van der Waals surface area contributed by atoms with E-state index in [4.69, 9.17) is 27.9 Å². The van der Waals surface area contributed by atoms with Crippen LogP contribution in [0.1, 0.15) is 12.8 Å². The maximum absolute atomic E-state index is 12.5. The van der Waals surface area contributed by atoms with Crippen molar-refractivity contribution in [3.63, 3.8) is 0 Å². The summed E-state index contributed by atoms with van der Waals surface area (Å²) in [5, 5.41) is 0.947. The molecule has 2 aromatic carbocycles. The fourth-order valence-corrected chi connectivity index (χ4v) is 4.08. The Kier molecular flexibility index (Phi) is 5.74. The molecular weight excluding hydrogens is 397 g/mol. The lowest BCUT2D eigenvalue weighted by atomic mass is 9.96. The standard InChI is InChI=1S/C21H21Cl2N3O2/c22-16-5-6-20(17(23)11-16)28-13-21(27)25-9-7-15(8-10-25)12-26-14-24-18-3-1-2-4-19(18)26/h1-6,11,14-15H,7-10,12-13H2. The fraction of sp³-hybridized carbons (Fsp3) is 0.333. The summed E-state index contributed by atoms with van der Waals surface area (Å²) in [4.78, 5) is 18.8. The van der Waals surface area contributed by atoms with Crippen LogP contribution < -0.4 is 4.74 Å². The lowest BCUT2D eigenvalue weighted by molar-refractivity contribution is -0.134. The number of aromatic nitrogens is 2. The minimum atomic E-state index is -0.0162. The van der Waals surface area contributed by atoms with Crippen molar-refractivity contribution in [1.29, 1.82) is 0 Å². The second-order valence-corrected chi connectivity index (χ2v) is 7.92. The molecule has 1 aromatic heterocycles. The van der Waals surface area contributed by atoms with E-state index in [0.29, 0.717) is 21.7 Å². The third-order valence-corrected chi connectivity index (χ3v) is 5.73. The summed E-state index contributed by atoms with van der Waals surface area (Å²) in [6.07, 6.45) is 3.85. The normalized spacial score (nSPS) is 15.1. The Morgan fingerprint density at radius 1 is 1.14 bits per heavy atom. The maximum atomic E-state index is 12.5. The second kappa shape index (κ2) is 8.41. The summed E-state index contributed by atoms with van der Waals surface area (Å²) in [5.74, 6) is 0.993. The van der Waals surface area contributed by atoms with Crippen molar-refractivity contribution in [2.75, 3.05) is 19.7 Å². The Labute approximate surface area is 173 Å². The molecule has 0 N–H and O–H groups in total. The Balaban J connectivity index is 1.28. The third-order valence-electron chi connectivity index (χ3n) is 5.19. The Morgan fingerprint density at radius 2 is 1.93 bits per heavy atom. The number of carbonyl (C=O) groups excluding carboxylic acids is 1. The molecule has 1 saturated heterocycles. The highest BCUT2D eigenvalue weighted by molar-refractivity contribution is 6.35. The first-order chi connectivity index (χ1) is 13.6. The number of likely N-dealkylation sites (tertiary alicyclic amines) is 1. The second-order valence-electron chi connectivity index (χ2n) is 7.07. The van der Waals surface area contributed by atoms with E-state index in [2.05, 4.69) is 15.6 Å². The molecule has 4 rings (SSSR count). The van der Waals surface area contributed by atoms with E-state index in [1.54, 1.807) is 18.2 Å². The van der Waals surface area contributed by atoms with Crippen LogP contribution in [0.3, 0.4) is 0 Å². The molecule has 146 valence electrons. The van der Waals surface area contributed by atoms with E-state index in [9.17, 15) is 4.79 Å².